The minimum Gasteiger partial charge on any atom is -0.434 e. The van der Waals surface area contributed by atoms with Crippen molar-refractivity contribution < 1.29 is 38.4 Å². The lowest BCUT2D eigenvalue weighted by Gasteiger charge is -2.24. The molecule has 0 aromatic heterocycles. The van der Waals surface area contributed by atoms with Crippen LogP contribution in [-0.2, 0) is 9.53 Å². The Bertz CT molecular complexity index is 1310. The molecule has 2 aromatic carbocycles. The van der Waals surface area contributed by atoms with Crippen molar-refractivity contribution in [2.45, 2.75) is 13.3 Å². The van der Waals surface area contributed by atoms with Gasteiger partial charge in [-0.1, -0.05) is 0 Å². The normalized spacial score (nSPS) is 15.1. The summed E-state index contributed by atoms with van der Waals surface area (Å²) in [7, 11) is 0. The van der Waals surface area contributed by atoms with Crippen LogP contribution in [0.1, 0.15) is 44.4 Å². The predicted octanol–water partition coefficient (Wildman–Crippen LogP) is 2.10. The van der Waals surface area contributed by atoms with Crippen LogP contribution in [0.5, 0.6) is 5.75 Å². The molecule has 0 aliphatic carbocycles. The van der Waals surface area contributed by atoms with Crippen molar-refractivity contribution in [2.75, 3.05) is 39.3 Å². The first-order valence-corrected chi connectivity index (χ1v) is 11.9. The van der Waals surface area contributed by atoms with E-state index in [2.05, 4.69) is 0 Å². The van der Waals surface area contributed by atoms with E-state index >= 15 is 0 Å². The number of fused-ring (bicyclic) bond motifs is 1. The highest BCUT2D eigenvalue weighted by atomic mass is 16.7. The maximum absolute atomic E-state index is 13.0. The largest absolute Gasteiger partial charge is 0.513 e. The van der Waals surface area contributed by atoms with Crippen LogP contribution in [0, 0.1) is 10.1 Å². The summed E-state index contributed by atoms with van der Waals surface area (Å²) in [6.07, 6.45) is -0.359. The Labute approximate surface area is 216 Å². The summed E-state index contributed by atoms with van der Waals surface area (Å²) in [5.41, 5.74) is -0.0411. The minimum atomic E-state index is -0.841. The van der Waals surface area contributed by atoms with Gasteiger partial charge in [-0.3, -0.25) is 34.2 Å². The van der Waals surface area contributed by atoms with E-state index < -0.39 is 35.3 Å². The summed E-state index contributed by atoms with van der Waals surface area (Å²) in [5, 5.41) is 11.0. The van der Waals surface area contributed by atoms with Crippen molar-refractivity contribution in [2.24, 2.45) is 0 Å². The van der Waals surface area contributed by atoms with Crippen molar-refractivity contribution >= 4 is 35.5 Å². The van der Waals surface area contributed by atoms with Crippen molar-refractivity contribution in [1.82, 2.24) is 14.7 Å². The number of nitro groups is 1. The maximum atomic E-state index is 13.0. The zero-order valence-electron chi connectivity index (χ0n) is 20.5. The molecular formula is C25H24N4O9. The van der Waals surface area contributed by atoms with E-state index in [1.165, 1.54) is 35.2 Å². The number of nitrogens with zero attached hydrogens (tertiary/aromatic N) is 4. The number of imide groups is 1. The van der Waals surface area contributed by atoms with Gasteiger partial charge in [-0.15, -0.1) is 0 Å². The molecule has 0 saturated carbocycles. The number of amides is 4. The lowest BCUT2D eigenvalue weighted by molar-refractivity contribution is -0.384. The van der Waals surface area contributed by atoms with Crippen LogP contribution in [0.15, 0.2) is 42.5 Å². The molecule has 198 valence electrons. The molecule has 4 amide bonds. The first kappa shape index (κ1) is 26.3. The van der Waals surface area contributed by atoms with Crippen LogP contribution in [-0.4, -0.2) is 88.7 Å². The molecule has 2 aliphatic rings. The summed E-state index contributed by atoms with van der Waals surface area (Å²) in [5.74, 6) is -1.94. The Balaban J connectivity index is 1.35. The van der Waals surface area contributed by atoms with E-state index in [1.54, 1.807) is 11.8 Å². The third kappa shape index (κ3) is 5.45. The van der Waals surface area contributed by atoms with Gasteiger partial charge >= 0.3 is 6.16 Å². The average Bonchev–Trinajstić information content (AvgIpc) is 3.06. The van der Waals surface area contributed by atoms with Gasteiger partial charge in [-0.05, 0) is 43.7 Å². The molecule has 1 saturated heterocycles. The second kappa shape index (κ2) is 11.1. The minimum absolute atomic E-state index is 0.0136. The molecule has 2 aromatic rings. The van der Waals surface area contributed by atoms with Gasteiger partial charge in [-0.2, -0.15) is 0 Å². The third-order valence-corrected chi connectivity index (χ3v) is 6.16. The van der Waals surface area contributed by atoms with E-state index in [1.807, 2.05) is 0 Å². The van der Waals surface area contributed by atoms with Gasteiger partial charge in [-0.25, -0.2) is 4.79 Å². The van der Waals surface area contributed by atoms with E-state index in [9.17, 15) is 34.1 Å². The van der Waals surface area contributed by atoms with Crippen LogP contribution < -0.4 is 4.74 Å². The first-order chi connectivity index (χ1) is 18.2. The number of non-ortho nitro benzene ring substituents is 1. The van der Waals surface area contributed by atoms with Gasteiger partial charge in [0.25, 0.3) is 23.4 Å². The standard InChI is InChI=1S/C25H24N4O9/c1-2-37-25(34)38-18-7-4-16(5-8-18)22(31)27-11-3-10-26(12-13-27)21(30)15-28-23(32)19-9-6-17(29(35)36)14-20(19)24(28)33/h4-9,14H,2-3,10-13,15H2,1H3. The lowest BCUT2D eigenvalue weighted by Crippen LogP contribution is -2.44. The summed E-state index contributed by atoms with van der Waals surface area (Å²) in [6.45, 7) is 2.47. The van der Waals surface area contributed by atoms with Crippen LogP contribution in [0.25, 0.3) is 0 Å². The molecule has 0 atom stereocenters. The van der Waals surface area contributed by atoms with Gasteiger partial charge in [0.05, 0.1) is 22.7 Å². The predicted molar refractivity (Wildman–Crippen MR) is 130 cm³/mol. The number of carbonyl (C=O) groups is 5. The van der Waals surface area contributed by atoms with Crippen molar-refractivity contribution in [1.29, 1.82) is 0 Å². The smallest absolute Gasteiger partial charge is 0.434 e. The molecular weight excluding hydrogens is 500 g/mol. The van der Waals surface area contributed by atoms with E-state index in [4.69, 9.17) is 9.47 Å². The number of nitro benzene ring substituents is 1. The van der Waals surface area contributed by atoms with Crippen LogP contribution in [0.2, 0.25) is 0 Å². The maximum Gasteiger partial charge on any atom is 0.513 e. The Hall–Kier alpha value is -4.81. The van der Waals surface area contributed by atoms with Gasteiger partial charge in [0.1, 0.15) is 12.3 Å². The van der Waals surface area contributed by atoms with Crippen molar-refractivity contribution in [3.8, 4) is 5.75 Å². The summed E-state index contributed by atoms with van der Waals surface area (Å²) in [6, 6.07) is 9.39. The van der Waals surface area contributed by atoms with E-state index in [-0.39, 0.29) is 48.2 Å². The average molecular weight is 524 g/mol. The molecule has 0 spiro atoms. The molecule has 1 fully saturated rings. The Morgan fingerprint density at radius 3 is 2.26 bits per heavy atom. The zero-order valence-corrected chi connectivity index (χ0v) is 20.5. The van der Waals surface area contributed by atoms with Gasteiger partial charge in [0.2, 0.25) is 5.91 Å². The van der Waals surface area contributed by atoms with Gasteiger partial charge < -0.3 is 19.3 Å². The highest BCUT2D eigenvalue weighted by Crippen LogP contribution is 2.27. The fourth-order valence-corrected chi connectivity index (χ4v) is 4.23. The van der Waals surface area contributed by atoms with E-state index in [0.29, 0.717) is 25.1 Å². The Morgan fingerprint density at radius 1 is 0.921 bits per heavy atom. The molecule has 2 heterocycles. The summed E-state index contributed by atoms with van der Waals surface area (Å²) >= 11 is 0. The summed E-state index contributed by atoms with van der Waals surface area (Å²) < 4.78 is 9.70. The number of rotatable bonds is 6. The molecule has 13 heteroatoms. The monoisotopic (exact) mass is 524 g/mol. The molecule has 0 radical (unpaired) electrons. The molecule has 0 unspecified atom stereocenters. The number of hydrogen-bond donors (Lipinski definition) is 0. The highest BCUT2D eigenvalue weighted by molar-refractivity contribution is 6.22. The quantitative estimate of drug-likeness (QED) is 0.181. The molecule has 0 N–H and O–H groups in total. The molecule has 38 heavy (non-hydrogen) atoms. The Kier molecular flexibility index (Phi) is 7.65. The number of benzene rings is 2. The van der Waals surface area contributed by atoms with Crippen molar-refractivity contribution in [3.63, 3.8) is 0 Å². The second-order valence-electron chi connectivity index (χ2n) is 8.52. The first-order valence-electron chi connectivity index (χ1n) is 11.9. The van der Waals surface area contributed by atoms with Crippen LogP contribution in [0.3, 0.4) is 0 Å². The van der Waals surface area contributed by atoms with Gasteiger partial charge in [0, 0.05) is 43.9 Å². The lowest BCUT2D eigenvalue weighted by atomic mass is 10.1. The highest BCUT2D eigenvalue weighted by Gasteiger charge is 2.38. The molecule has 2 aliphatic heterocycles. The zero-order chi connectivity index (χ0) is 27.4. The summed E-state index contributed by atoms with van der Waals surface area (Å²) in [4.78, 5) is 76.9. The number of ether oxygens (including phenoxy) is 2. The fraction of sp³-hybridized carbons (Fsp3) is 0.320. The Morgan fingerprint density at radius 2 is 1.58 bits per heavy atom. The number of carbonyl (C=O) groups excluding carboxylic acids is 5. The SMILES string of the molecule is CCOC(=O)Oc1ccc(C(=O)N2CCCN(C(=O)CN3C(=O)c4ccc([N+](=O)[O-])cc4C3=O)CC2)cc1. The van der Waals surface area contributed by atoms with Crippen LogP contribution in [0.4, 0.5) is 10.5 Å². The molecule has 0 bridgehead atoms. The van der Waals surface area contributed by atoms with Crippen LogP contribution >= 0.6 is 0 Å². The number of hydrogen-bond acceptors (Lipinski definition) is 9. The topological polar surface area (TPSA) is 157 Å². The van der Waals surface area contributed by atoms with Gasteiger partial charge in [0.15, 0.2) is 0 Å². The molecule has 4 rings (SSSR count). The van der Waals surface area contributed by atoms with E-state index in [0.717, 1.165) is 17.0 Å². The second-order valence-corrected chi connectivity index (χ2v) is 8.52. The molecule has 13 nitrogen and oxygen atoms in total. The van der Waals surface area contributed by atoms with Crippen molar-refractivity contribution in [3.05, 3.63) is 69.3 Å². The third-order valence-electron chi connectivity index (χ3n) is 6.16. The fourth-order valence-electron chi connectivity index (χ4n) is 4.23.